The van der Waals surface area contributed by atoms with Crippen molar-refractivity contribution < 1.29 is 28.4 Å². The maximum absolute atomic E-state index is 12.7. The first-order chi connectivity index (χ1) is 11.4. The van der Waals surface area contributed by atoms with Crippen molar-refractivity contribution in [3.63, 3.8) is 0 Å². The molecule has 1 aliphatic heterocycles. The number of carboxylic acid groups (broad SMARTS) is 1. The molecule has 10 nitrogen and oxygen atoms in total. The van der Waals surface area contributed by atoms with Gasteiger partial charge in [-0.1, -0.05) is 6.42 Å². The van der Waals surface area contributed by atoms with Gasteiger partial charge in [0.05, 0.1) is 0 Å². The summed E-state index contributed by atoms with van der Waals surface area (Å²) in [4.78, 5) is 13.5. The lowest BCUT2D eigenvalue weighted by atomic mass is 9.78. The van der Waals surface area contributed by atoms with Crippen LogP contribution in [0.15, 0.2) is 0 Å². The lowest BCUT2D eigenvalue weighted by Gasteiger charge is -2.26. The minimum atomic E-state index is -3.82. The summed E-state index contributed by atoms with van der Waals surface area (Å²) < 4.78 is 27.7. The van der Waals surface area contributed by atoms with Crippen LogP contribution in [0.3, 0.4) is 0 Å². The molecule has 0 aromatic rings. The molecular weight excluding hydrogens is 351 g/mol. The van der Waals surface area contributed by atoms with E-state index < -0.39 is 34.8 Å². The van der Waals surface area contributed by atoms with Crippen molar-refractivity contribution in [2.45, 2.75) is 24.7 Å². The summed E-state index contributed by atoms with van der Waals surface area (Å²) in [5.41, 5.74) is 4.33. The van der Waals surface area contributed by atoms with Crippen molar-refractivity contribution in [3.05, 3.63) is 0 Å². The monoisotopic (exact) mass is 380 g/mol. The van der Waals surface area contributed by atoms with Crippen LogP contribution >= 0.6 is 0 Å². The topological polar surface area (TPSA) is 148 Å². The standard InChI is InChI=1S/C13H29BN4O6S/c1-16(2)7-8-17(3)25(23,24)18-9-11(5-4-6-14(21)22)13(15,10-18)12(19)20/h11,21-22H,4-10,15H2,1-3H3,(H,19,20)/t11-,13-/m0/s1. The SMILES string of the molecule is CN(C)CCN(C)S(=O)(=O)N1C[C@H](CCCB(O)O)[C@](N)(C(=O)O)C1. The van der Waals surface area contributed by atoms with Gasteiger partial charge in [0.15, 0.2) is 0 Å². The van der Waals surface area contributed by atoms with Gasteiger partial charge < -0.3 is 25.8 Å². The largest absolute Gasteiger partial charge is 0.480 e. The quantitative estimate of drug-likeness (QED) is 0.309. The first-order valence-corrected chi connectivity index (χ1v) is 9.55. The molecule has 0 bridgehead atoms. The number of aliphatic carboxylic acids is 1. The third-order valence-electron chi connectivity index (χ3n) is 4.59. The summed E-state index contributed by atoms with van der Waals surface area (Å²) >= 11 is 0. The van der Waals surface area contributed by atoms with Gasteiger partial charge in [-0.05, 0) is 26.8 Å². The average Bonchev–Trinajstić information content (AvgIpc) is 2.83. The van der Waals surface area contributed by atoms with Crippen molar-refractivity contribution in [1.29, 1.82) is 0 Å². The summed E-state index contributed by atoms with van der Waals surface area (Å²) in [6.07, 6.45) is 0.731. The predicted molar refractivity (Wildman–Crippen MR) is 94.0 cm³/mol. The van der Waals surface area contributed by atoms with Gasteiger partial charge in [-0.15, -0.1) is 0 Å². The Hall–Kier alpha value is -0.755. The third kappa shape index (κ3) is 5.61. The summed E-state index contributed by atoms with van der Waals surface area (Å²) in [6.45, 7) is 0.508. The van der Waals surface area contributed by atoms with Gasteiger partial charge in [0.25, 0.3) is 10.2 Å². The molecule has 0 aromatic heterocycles. The number of carbonyl (C=O) groups is 1. The molecule has 0 amide bonds. The maximum Gasteiger partial charge on any atom is 0.451 e. The van der Waals surface area contributed by atoms with E-state index in [1.807, 2.05) is 19.0 Å². The molecule has 1 fully saturated rings. The molecular formula is C13H29BN4O6S. The lowest BCUT2D eigenvalue weighted by Crippen LogP contribution is -2.55. The van der Waals surface area contributed by atoms with E-state index in [2.05, 4.69) is 0 Å². The van der Waals surface area contributed by atoms with E-state index in [0.29, 0.717) is 19.4 Å². The molecule has 146 valence electrons. The van der Waals surface area contributed by atoms with Gasteiger partial charge in [0.2, 0.25) is 0 Å². The van der Waals surface area contributed by atoms with Crippen LogP contribution in [0, 0.1) is 5.92 Å². The van der Waals surface area contributed by atoms with Crippen LogP contribution in [-0.4, -0.2) is 103 Å². The number of nitrogens with two attached hydrogens (primary N) is 1. The molecule has 0 unspecified atom stereocenters. The fourth-order valence-electron chi connectivity index (χ4n) is 2.86. The highest BCUT2D eigenvalue weighted by atomic mass is 32.2. The Morgan fingerprint density at radius 3 is 2.40 bits per heavy atom. The van der Waals surface area contributed by atoms with Gasteiger partial charge in [-0.25, -0.2) is 0 Å². The number of nitrogens with zero attached hydrogens (tertiary/aromatic N) is 3. The van der Waals surface area contributed by atoms with Gasteiger partial charge in [-0.3, -0.25) is 4.79 Å². The van der Waals surface area contributed by atoms with E-state index >= 15 is 0 Å². The Kier molecular flexibility index (Phi) is 7.81. The molecule has 1 rings (SSSR count). The van der Waals surface area contributed by atoms with Gasteiger partial charge in [-0.2, -0.15) is 17.0 Å². The van der Waals surface area contributed by atoms with E-state index in [0.717, 1.165) is 4.31 Å². The molecule has 0 aromatic carbocycles. The zero-order chi connectivity index (χ0) is 19.4. The normalized spacial score (nSPS) is 25.0. The smallest absolute Gasteiger partial charge is 0.451 e. The molecule has 0 aliphatic carbocycles. The Morgan fingerprint density at radius 2 is 1.92 bits per heavy atom. The van der Waals surface area contributed by atoms with Crippen molar-refractivity contribution in [2.75, 3.05) is 47.3 Å². The molecule has 0 spiro atoms. The maximum atomic E-state index is 12.7. The Labute approximate surface area is 149 Å². The lowest BCUT2D eigenvalue weighted by molar-refractivity contribution is -0.144. The molecule has 1 heterocycles. The molecule has 12 heteroatoms. The zero-order valence-electron chi connectivity index (χ0n) is 15.0. The van der Waals surface area contributed by atoms with Gasteiger partial charge >= 0.3 is 13.1 Å². The summed E-state index contributed by atoms with van der Waals surface area (Å²) in [5.74, 6) is -1.85. The van der Waals surface area contributed by atoms with E-state index in [9.17, 15) is 18.3 Å². The number of hydrogen-bond donors (Lipinski definition) is 4. The van der Waals surface area contributed by atoms with Gasteiger partial charge in [0, 0.05) is 39.1 Å². The van der Waals surface area contributed by atoms with Gasteiger partial charge in [0.1, 0.15) is 5.54 Å². The van der Waals surface area contributed by atoms with Crippen molar-refractivity contribution in [2.24, 2.45) is 11.7 Å². The highest BCUT2D eigenvalue weighted by Gasteiger charge is 2.52. The third-order valence-corrected chi connectivity index (χ3v) is 6.49. The average molecular weight is 380 g/mol. The summed E-state index contributed by atoms with van der Waals surface area (Å²) in [7, 11) is -0.179. The highest BCUT2D eigenvalue weighted by Crippen LogP contribution is 2.32. The second-order valence-corrected chi connectivity index (χ2v) is 8.91. The van der Waals surface area contributed by atoms with Crippen LogP contribution in [0.2, 0.25) is 6.32 Å². The number of carboxylic acids is 1. The second kappa shape index (κ2) is 8.76. The van der Waals surface area contributed by atoms with E-state index in [1.165, 1.54) is 11.4 Å². The minimum absolute atomic E-state index is 0.00103. The fraction of sp³-hybridized carbons (Fsp3) is 0.923. The first kappa shape index (κ1) is 22.3. The molecule has 2 atom stereocenters. The van der Waals surface area contributed by atoms with Crippen LogP contribution in [-0.2, 0) is 15.0 Å². The molecule has 0 radical (unpaired) electrons. The molecule has 5 N–H and O–H groups in total. The van der Waals surface area contributed by atoms with Crippen LogP contribution in [0.4, 0.5) is 0 Å². The van der Waals surface area contributed by atoms with Crippen LogP contribution in [0.25, 0.3) is 0 Å². The van der Waals surface area contributed by atoms with Crippen molar-refractivity contribution in [1.82, 2.24) is 13.5 Å². The second-order valence-electron chi connectivity index (χ2n) is 6.88. The van der Waals surface area contributed by atoms with E-state index in [1.54, 1.807) is 0 Å². The molecule has 1 aliphatic rings. The van der Waals surface area contributed by atoms with Crippen LogP contribution in [0.1, 0.15) is 12.8 Å². The van der Waals surface area contributed by atoms with Crippen molar-refractivity contribution >= 4 is 23.3 Å². The molecule has 25 heavy (non-hydrogen) atoms. The molecule has 1 saturated heterocycles. The number of hydrogen-bond acceptors (Lipinski definition) is 7. The Balaban J connectivity index is 2.87. The predicted octanol–water partition coefficient (Wildman–Crippen LogP) is -2.31. The van der Waals surface area contributed by atoms with Crippen LogP contribution in [0.5, 0.6) is 0 Å². The highest BCUT2D eigenvalue weighted by molar-refractivity contribution is 7.86. The minimum Gasteiger partial charge on any atom is -0.480 e. The summed E-state index contributed by atoms with van der Waals surface area (Å²) in [5, 5.41) is 27.3. The Morgan fingerprint density at radius 1 is 1.32 bits per heavy atom. The first-order valence-electron chi connectivity index (χ1n) is 8.15. The zero-order valence-corrected chi connectivity index (χ0v) is 15.8. The number of likely N-dealkylation sites (N-methyl/N-ethyl adjacent to an activating group) is 2. The number of rotatable bonds is 10. The fourth-order valence-corrected chi connectivity index (χ4v) is 4.31. The molecule has 0 saturated carbocycles. The Bertz CT molecular complexity index is 561. The summed E-state index contributed by atoms with van der Waals surface area (Å²) in [6, 6.07) is 0. The van der Waals surface area contributed by atoms with E-state index in [4.69, 9.17) is 15.8 Å². The van der Waals surface area contributed by atoms with E-state index in [-0.39, 0.29) is 26.0 Å². The van der Waals surface area contributed by atoms with Crippen LogP contribution < -0.4 is 5.73 Å². The van der Waals surface area contributed by atoms with Crippen molar-refractivity contribution in [3.8, 4) is 0 Å².